The van der Waals surface area contributed by atoms with Gasteiger partial charge in [0.2, 0.25) is 0 Å². The van der Waals surface area contributed by atoms with Crippen LogP contribution in [0.2, 0.25) is 0 Å². The lowest BCUT2D eigenvalue weighted by atomic mass is 10.1. The summed E-state index contributed by atoms with van der Waals surface area (Å²) >= 11 is 1.41. The fraction of sp³-hybridized carbons (Fsp3) is 0.250. The van der Waals surface area contributed by atoms with Gasteiger partial charge >= 0.3 is 12.1 Å². The van der Waals surface area contributed by atoms with Crippen molar-refractivity contribution < 1.29 is 27.8 Å². The molecule has 0 saturated carbocycles. The van der Waals surface area contributed by atoms with E-state index < -0.39 is 17.7 Å². The average Bonchev–Trinajstić information content (AvgIpc) is 3.37. The number of halogens is 3. The van der Waals surface area contributed by atoms with E-state index in [1.165, 1.54) is 23.5 Å². The summed E-state index contributed by atoms with van der Waals surface area (Å²) in [7, 11) is 0. The van der Waals surface area contributed by atoms with Crippen LogP contribution < -0.4 is 4.74 Å². The molecular formula is C24H21F3N2O3S. The van der Waals surface area contributed by atoms with E-state index in [0.29, 0.717) is 22.7 Å². The summed E-state index contributed by atoms with van der Waals surface area (Å²) in [4.78, 5) is 16.6. The normalized spacial score (nSPS) is 12.8. The molecule has 2 aromatic heterocycles. The van der Waals surface area contributed by atoms with Crippen molar-refractivity contribution in [1.82, 2.24) is 9.55 Å². The smallest absolute Gasteiger partial charge is 0.416 e. The summed E-state index contributed by atoms with van der Waals surface area (Å²) < 4.78 is 46.4. The van der Waals surface area contributed by atoms with Crippen molar-refractivity contribution in [2.45, 2.75) is 39.1 Å². The van der Waals surface area contributed by atoms with Crippen LogP contribution in [0.15, 0.2) is 54.7 Å². The number of carboxylic acids is 1. The number of alkyl halides is 3. The Bertz CT molecular complexity index is 1290. The predicted octanol–water partition coefficient (Wildman–Crippen LogP) is 6.57. The molecule has 1 N–H and O–H groups in total. The molecule has 0 saturated heterocycles. The number of carbonyl (C=O) groups is 1. The van der Waals surface area contributed by atoms with Gasteiger partial charge in [0.15, 0.2) is 0 Å². The summed E-state index contributed by atoms with van der Waals surface area (Å²) in [6, 6.07) is 12.3. The van der Waals surface area contributed by atoms with E-state index in [9.17, 15) is 18.0 Å². The first-order chi connectivity index (χ1) is 15.7. The van der Waals surface area contributed by atoms with Crippen LogP contribution in [-0.2, 0) is 23.9 Å². The van der Waals surface area contributed by atoms with E-state index in [4.69, 9.17) is 9.84 Å². The van der Waals surface area contributed by atoms with Crippen molar-refractivity contribution in [3.63, 3.8) is 0 Å². The fourth-order valence-electron chi connectivity index (χ4n) is 3.65. The highest BCUT2D eigenvalue weighted by atomic mass is 32.1. The van der Waals surface area contributed by atoms with E-state index in [1.54, 1.807) is 16.8 Å². The highest BCUT2D eigenvalue weighted by molar-refractivity contribution is 7.15. The number of aryl methyl sites for hydroxylation is 1. The van der Waals surface area contributed by atoms with Crippen molar-refractivity contribution in [2.24, 2.45) is 0 Å². The summed E-state index contributed by atoms with van der Waals surface area (Å²) in [5, 5.41) is 10.5. The van der Waals surface area contributed by atoms with E-state index in [2.05, 4.69) is 4.98 Å². The predicted molar refractivity (Wildman–Crippen MR) is 121 cm³/mol. The van der Waals surface area contributed by atoms with Gasteiger partial charge in [-0.1, -0.05) is 19.1 Å². The van der Waals surface area contributed by atoms with E-state index in [1.807, 2.05) is 32.0 Å². The van der Waals surface area contributed by atoms with Crippen molar-refractivity contribution in [3.8, 4) is 16.3 Å². The van der Waals surface area contributed by atoms with Crippen LogP contribution in [0.5, 0.6) is 5.75 Å². The zero-order valence-electron chi connectivity index (χ0n) is 17.9. The number of carboxylic acid groups (broad SMARTS) is 1. The number of nitrogens with zero attached hydrogens (tertiary/aromatic N) is 2. The Morgan fingerprint density at radius 3 is 2.55 bits per heavy atom. The maximum Gasteiger partial charge on any atom is 0.416 e. The second-order valence-corrected chi connectivity index (χ2v) is 8.61. The third-order valence-corrected chi connectivity index (χ3v) is 6.56. The van der Waals surface area contributed by atoms with Gasteiger partial charge in [-0.15, -0.1) is 11.3 Å². The van der Waals surface area contributed by atoms with Crippen LogP contribution in [-0.4, -0.2) is 20.6 Å². The zero-order chi connectivity index (χ0) is 23.8. The molecule has 4 aromatic rings. The molecule has 0 aliphatic carbocycles. The molecule has 9 heteroatoms. The first-order valence-corrected chi connectivity index (χ1v) is 11.1. The van der Waals surface area contributed by atoms with Crippen LogP contribution in [0.25, 0.3) is 21.5 Å². The maximum absolute atomic E-state index is 12.9. The Kier molecular flexibility index (Phi) is 6.16. The second-order valence-electron chi connectivity index (χ2n) is 7.58. The van der Waals surface area contributed by atoms with Gasteiger partial charge < -0.3 is 14.4 Å². The van der Waals surface area contributed by atoms with Crippen molar-refractivity contribution in [3.05, 3.63) is 70.9 Å². The quantitative estimate of drug-likeness (QED) is 0.329. The van der Waals surface area contributed by atoms with Gasteiger partial charge in [0.25, 0.3) is 0 Å². The number of benzene rings is 2. The second kappa shape index (κ2) is 8.90. The Morgan fingerprint density at radius 1 is 1.18 bits per heavy atom. The van der Waals surface area contributed by atoms with Gasteiger partial charge in [-0.2, -0.15) is 13.2 Å². The Hall–Kier alpha value is -3.33. The molecular weight excluding hydrogens is 453 g/mol. The lowest BCUT2D eigenvalue weighted by Crippen LogP contribution is -2.07. The number of rotatable bonds is 7. The van der Waals surface area contributed by atoms with Gasteiger partial charge in [-0.05, 0) is 49.7 Å². The number of thiazole rings is 1. The molecule has 0 aliphatic rings. The molecule has 5 nitrogen and oxygen atoms in total. The van der Waals surface area contributed by atoms with Gasteiger partial charge in [-0.3, -0.25) is 4.79 Å². The minimum Gasteiger partial charge on any atom is -0.485 e. The minimum absolute atomic E-state index is 0.118. The maximum atomic E-state index is 12.9. The number of hydrogen-bond acceptors (Lipinski definition) is 4. The van der Waals surface area contributed by atoms with Gasteiger partial charge in [0.05, 0.1) is 16.1 Å². The third-order valence-electron chi connectivity index (χ3n) is 5.25. The van der Waals surface area contributed by atoms with Crippen molar-refractivity contribution >= 4 is 28.2 Å². The van der Waals surface area contributed by atoms with Crippen LogP contribution in [0, 0.1) is 0 Å². The molecule has 2 heterocycles. The van der Waals surface area contributed by atoms with Crippen molar-refractivity contribution in [1.29, 1.82) is 0 Å². The average molecular weight is 475 g/mol. The molecule has 0 aliphatic heterocycles. The molecule has 1 atom stereocenters. The molecule has 0 unspecified atom stereocenters. The van der Waals surface area contributed by atoms with E-state index in [-0.39, 0.29) is 12.6 Å². The SMILES string of the molecule is CCc1nc(-c2ccc(C(F)(F)F)cc2)sc1[C@@H](C)Oc1ccc2c(ccn2CC(=O)O)c1. The lowest BCUT2D eigenvalue weighted by molar-refractivity contribution is -0.138. The van der Waals surface area contributed by atoms with Gasteiger partial charge in [-0.25, -0.2) is 4.98 Å². The van der Waals surface area contributed by atoms with Gasteiger partial charge in [0.1, 0.15) is 23.4 Å². The zero-order valence-corrected chi connectivity index (χ0v) is 18.7. The van der Waals surface area contributed by atoms with Crippen LogP contribution in [0.1, 0.15) is 36.1 Å². The number of ether oxygens (including phenoxy) is 1. The molecule has 0 amide bonds. The molecule has 172 valence electrons. The third kappa shape index (κ3) is 4.88. The van der Waals surface area contributed by atoms with Crippen LogP contribution >= 0.6 is 11.3 Å². The number of aromatic nitrogens is 2. The fourth-order valence-corrected chi connectivity index (χ4v) is 4.79. The molecule has 0 fully saturated rings. The first-order valence-electron chi connectivity index (χ1n) is 10.3. The molecule has 33 heavy (non-hydrogen) atoms. The van der Waals surface area contributed by atoms with Crippen molar-refractivity contribution in [2.75, 3.05) is 0 Å². The molecule has 0 radical (unpaired) electrons. The topological polar surface area (TPSA) is 64.4 Å². The standard InChI is InChI=1S/C24H21F3N2O3S/c1-3-19-22(33-23(28-19)15-4-6-17(7-5-15)24(25,26)27)14(2)32-18-8-9-20-16(12-18)10-11-29(20)13-21(30)31/h4-12,14H,3,13H2,1-2H3,(H,30,31)/t14-/m1/s1. The number of aliphatic carboxylic acids is 1. The summed E-state index contributed by atoms with van der Waals surface area (Å²) in [5.41, 5.74) is 1.58. The molecule has 2 aromatic carbocycles. The lowest BCUT2D eigenvalue weighted by Gasteiger charge is -2.14. The molecule has 0 bridgehead atoms. The number of hydrogen-bond donors (Lipinski definition) is 1. The highest BCUT2D eigenvalue weighted by Crippen LogP contribution is 2.36. The summed E-state index contributed by atoms with van der Waals surface area (Å²) in [6.45, 7) is 3.76. The Morgan fingerprint density at radius 2 is 1.91 bits per heavy atom. The Labute approximate surface area is 192 Å². The summed E-state index contributed by atoms with van der Waals surface area (Å²) in [6.07, 6.45) is -2.31. The van der Waals surface area contributed by atoms with E-state index in [0.717, 1.165) is 33.6 Å². The largest absolute Gasteiger partial charge is 0.485 e. The minimum atomic E-state index is -4.38. The van der Waals surface area contributed by atoms with E-state index >= 15 is 0 Å². The number of fused-ring (bicyclic) bond motifs is 1. The summed E-state index contributed by atoms with van der Waals surface area (Å²) in [5.74, 6) is -0.280. The Balaban J connectivity index is 1.56. The first kappa shape index (κ1) is 22.8. The van der Waals surface area contributed by atoms with Crippen LogP contribution in [0.3, 0.4) is 0 Å². The van der Waals surface area contributed by atoms with Gasteiger partial charge in [0, 0.05) is 22.7 Å². The monoisotopic (exact) mass is 474 g/mol. The molecule has 0 spiro atoms. The van der Waals surface area contributed by atoms with Crippen LogP contribution in [0.4, 0.5) is 13.2 Å². The highest BCUT2D eigenvalue weighted by Gasteiger charge is 2.30. The molecule has 4 rings (SSSR count).